The van der Waals surface area contributed by atoms with E-state index in [1.807, 2.05) is 18.2 Å². The summed E-state index contributed by atoms with van der Waals surface area (Å²) >= 11 is 0. The van der Waals surface area contributed by atoms with Gasteiger partial charge in [-0.25, -0.2) is 14.4 Å². The van der Waals surface area contributed by atoms with Crippen molar-refractivity contribution >= 4 is 27.8 Å². The van der Waals surface area contributed by atoms with Crippen LogP contribution < -0.4 is 5.32 Å². The van der Waals surface area contributed by atoms with Gasteiger partial charge in [-0.2, -0.15) is 5.10 Å². The molecule has 39 heavy (non-hydrogen) atoms. The second-order valence-corrected chi connectivity index (χ2v) is 10.7. The molecule has 4 N–H and O–H groups in total. The minimum atomic E-state index is -0.756. The van der Waals surface area contributed by atoms with Crippen molar-refractivity contribution in [2.75, 3.05) is 5.32 Å². The minimum Gasteiger partial charge on any atom is -0.374 e. The van der Waals surface area contributed by atoms with Crippen LogP contribution in [0.3, 0.4) is 0 Å². The van der Waals surface area contributed by atoms with Gasteiger partial charge < -0.3 is 15.4 Å². The van der Waals surface area contributed by atoms with Gasteiger partial charge in [-0.15, -0.1) is 0 Å². The molecule has 196 valence electrons. The number of imidazole rings is 1. The van der Waals surface area contributed by atoms with E-state index in [2.05, 4.69) is 56.2 Å². The third kappa shape index (κ3) is 4.82. The van der Waals surface area contributed by atoms with Gasteiger partial charge >= 0.3 is 0 Å². The van der Waals surface area contributed by atoms with Crippen LogP contribution in [0.2, 0.25) is 0 Å². The number of halogens is 1. The van der Waals surface area contributed by atoms with Gasteiger partial charge in [0, 0.05) is 41.5 Å². The second-order valence-electron chi connectivity index (χ2n) is 10.7. The number of aromatic amines is 2. The molecular weight excluding hydrogens is 495 g/mol. The van der Waals surface area contributed by atoms with Crippen LogP contribution in [0.25, 0.3) is 55.8 Å². The van der Waals surface area contributed by atoms with Gasteiger partial charge in [-0.1, -0.05) is 20.8 Å². The highest BCUT2D eigenvalue weighted by Gasteiger charge is 2.21. The Balaban J connectivity index is 1.40. The molecule has 1 aromatic carbocycles. The van der Waals surface area contributed by atoms with E-state index in [0.29, 0.717) is 56.8 Å². The Morgan fingerprint density at radius 2 is 1.79 bits per heavy atom. The third-order valence-corrected chi connectivity index (χ3v) is 6.46. The Kier molecular flexibility index (Phi) is 6.03. The van der Waals surface area contributed by atoms with E-state index < -0.39 is 12.0 Å². The SMILES string of the molecule is CC(C)(C)CC(O)Nc1cncc(-c2ccc3[nH]nc(-c4nc5c(-c6ccncc6)ccnc5[nH]4)c3c2F)c1. The maximum Gasteiger partial charge on any atom is 0.161 e. The fourth-order valence-corrected chi connectivity index (χ4v) is 4.74. The molecule has 9 nitrogen and oxygen atoms in total. The Labute approximate surface area is 223 Å². The summed E-state index contributed by atoms with van der Waals surface area (Å²) in [6, 6.07) is 10.9. The highest BCUT2D eigenvalue weighted by atomic mass is 19.1. The van der Waals surface area contributed by atoms with Gasteiger partial charge in [-0.3, -0.25) is 15.1 Å². The largest absolute Gasteiger partial charge is 0.374 e. The number of anilines is 1. The molecule has 0 aliphatic rings. The number of nitrogens with one attached hydrogen (secondary N) is 3. The summed E-state index contributed by atoms with van der Waals surface area (Å²) < 4.78 is 16.1. The van der Waals surface area contributed by atoms with Crippen molar-refractivity contribution in [2.45, 2.75) is 33.4 Å². The van der Waals surface area contributed by atoms with Crippen LogP contribution in [0.5, 0.6) is 0 Å². The second kappa shape index (κ2) is 9.55. The van der Waals surface area contributed by atoms with E-state index in [1.165, 1.54) is 0 Å². The van der Waals surface area contributed by atoms with Crippen LogP contribution in [-0.2, 0) is 0 Å². The summed E-state index contributed by atoms with van der Waals surface area (Å²) in [5, 5.41) is 21.1. The number of hydrogen-bond donors (Lipinski definition) is 4. The standard InChI is InChI=1S/C29H27FN8O/c1-29(2,3)13-22(39)34-18-12-17(14-32-15-18)19-4-5-21-23(24(19)30)26(38-37-21)28-35-25-20(8-11-33-27(25)36-28)16-6-9-31-10-7-16/h4-12,14-15,22,34,39H,13H2,1-3H3,(H,37,38)(H,33,35,36). The molecule has 0 saturated carbocycles. The van der Waals surface area contributed by atoms with Crippen molar-refractivity contribution in [3.05, 3.63) is 73.2 Å². The smallest absolute Gasteiger partial charge is 0.161 e. The number of benzene rings is 1. The van der Waals surface area contributed by atoms with Crippen LogP contribution in [0.1, 0.15) is 27.2 Å². The first kappa shape index (κ1) is 24.6. The fourth-order valence-electron chi connectivity index (χ4n) is 4.74. The molecule has 1 atom stereocenters. The maximum atomic E-state index is 16.1. The molecule has 0 bridgehead atoms. The molecule has 0 fully saturated rings. The Morgan fingerprint density at radius 1 is 0.974 bits per heavy atom. The summed E-state index contributed by atoms with van der Waals surface area (Å²) in [5.74, 6) is -0.0478. The van der Waals surface area contributed by atoms with Gasteiger partial charge in [0.05, 0.1) is 22.8 Å². The maximum absolute atomic E-state index is 16.1. The van der Waals surface area contributed by atoms with E-state index >= 15 is 4.39 Å². The predicted molar refractivity (Wildman–Crippen MR) is 149 cm³/mol. The predicted octanol–water partition coefficient (Wildman–Crippen LogP) is 5.93. The molecule has 1 unspecified atom stereocenters. The molecule has 5 heterocycles. The summed E-state index contributed by atoms with van der Waals surface area (Å²) in [4.78, 5) is 20.7. The van der Waals surface area contributed by atoms with Crippen molar-refractivity contribution < 1.29 is 9.50 Å². The third-order valence-electron chi connectivity index (χ3n) is 6.46. The van der Waals surface area contributed by atoms with Crippen LogP contribution in [0.15, 0.2) is 67.4 Å². The lowest BCUT2D eigenvalue weighted by Gasteiger charge is -2.23. The van der Waals surface area contributed by atoms with Gasteiger partial charge in [0.2, 0.25) is 0 Å². The number of pyridine rings is 3. The minimum absolute atomic E-state index is 0.0580. The first-order valence-electron chi connectivity index (χ1n) is 12.6. The molecule has 6 aromatic rings. The van der Waals surface area contributed by atoms with E-state index in [1.54, 1.807) is 49.2 Å². The summed E-state index contributed by atoms with van der Waals surface area (Å²) in [6.45, 7) is 6.16. The fraction of sp³-hybridized carbons (Fsp3) is 0.207. The van der Waals surface area contributed by atoms with Crippen molar-refractivity contribution in [3.63, 3.8) is 0 Å². The molecule has 6 rings (SSSR count). The molecule has 5 aromatic heterocycles. The number of fused-ring (bicyclic) bond motifs is 2. The Bertz CT molecular complexity index is 1790. The number of rotatable bonds is 6. The van der Waals surface area contributed by atoms with Crippen LogP contribution >= 0.6 is 0 Å². The van der Waals surface area contributed by atoms with Gasteiger partial charge in [-0.05, 0) is 53.8 Å². The molecule has 0 aliphatic heterocycles. The van der Waals surface area contributed by atoms with Crippen molar-refractivity contribution in [3.8, 4) is 33.8 Å². The molecule has 0 radical (unpaired) electrons. The lowest BCUT2D eigenvalue weighted by atomic mass is 9.91. The first-order chi connectivity index (χ1) is 18.8. The summed E-state index contributed by atoms with van der Waals surface area (Å²) in [5.41, 5.74) is 5.42. The van der Waals surface area contributed by atoms with E-state index in [4.69, 9.17) is 4.98 Å². The zero-order valence-corrected chi connectivity index (χ0v) is 21.7. The van der Waals surface area contributed by atoms with Crippen molar-refractivity contribution in [1.82, 2.24) is 35.1 Å². The zero-order chi connectivity index (χ0) is 27.1. The van der Waals surface area contributed by atoms with E-state index in [9.17, 15) is 5.11 Å². The van der Waals surface area contributed by atoms with Crippen molar-refractivity contribution in [2.24, 2.45) is 5.41 Å². The normalized spacial score (nSPS) is 12.7. The molecule has 0 amide bonds. The lowest BCUT2D eigenvalue weighted by molar-refractivity contribution is 0.145. The van der Waals surface area contributed by atoms with E-state index in [-0.39, 0.29) is 5.41 Å². The number of nitrogens with zero attached hydrogens (tertiary/aromatic N) is 5. The number of hydrogen-bond acceptors (Lipinski definition) is 7. The van der Waals surface area contributed by atoms with Crippen LogP contribution in [0, 0.1) is 11.2 Å². The number of H-pyrrole nitrogens is 2. The van der Waals surface area contributed by atoms with E-state index in [0.717, 1.165) is 11.1 Å². The zero-order valence-electron chi connectivity index (χ0n) is 21.7. The summed E-state index contributed by atoms with van der Waals surface area (Å²) in [7, 11) is 0. The van der Waals surface area contributed by atoms with Gasteiger partial charge in [0.15, 0.2) is 11.5 Å². The number of aliphatic hydroxyl groups excluding tert-OH is 1. The highest BCUT2D eigenvalue weighted by Crippen LogP contribution is 2.35. The first-order valence-corrected chi connectivity index (χ1v) is 12.6. The quantitative estimate of drug-likeness (QED) is 0.200. The van der Waals surface area contributed by atoms with Crippen LogP contribution in [-0.4, -0.2) is 46.5 Å². The highest BCUT2D eigenvalue weighted by molar-refractivity contribution is 5.98. The summed E-state index contributed by atoms with van der Waals surface area (Å²) in [6.07, 6.45) is 8.14. The molecule has 0 spiro atoms. The van der Waals surface area contributed by atoms with Crippen LogP contribution in [0.4, 0.5) is 10.1 Å². The Morgan fingerprint density at radius 3 is 2.59 bits per heavy atom. The lowest BCUT2D eigenvalue weighted by Crippen LogP contribution is -2.25. The molecule has 0 saturated heterocycles. The molecule has 10 heteroatoms. The average molecular weight is 523 g/mol. The van der Waals surface area contributed by atoms with Gasteiger partial charge in [0.25, 0.3) is 0 Å². The topological polar surface area (TPSA) is 128 Å². The van der Waals surface area contributed by atoms with Gasteiger partial charge in [0.1, 0.15) is 23.3 Å². The van der Waals surface area contributed by atoms with Crippen molar-refractivity contribution in [1.29, 1.82) is 0 Å². The average Bonchev–Trinajstić information content (AvgIpc) is 3.53. The molecular formula is C29H27FN8O. The number of aliphatic hydroxyl groups is 1. The Hall–Kier alpha value is -4.70. The monoisotopic (exact) mass is 522 g/mol. The molecule has 0 aliphatic carbocycles. The number of aromatic nitrogens is 7.